The zero-order valence-electron chi connectivity index (χ0n) is 25.3. The first-order valence-corrected chi connectivity index (χ1v) is 15.2. The van der Waals surface area contributed by atoms with Gasteiger partial charge in [0.25, 0.3) is 0 Å². The first-order valence-electron chi connectivity index (χ1n) is 15.2. The molecule has 45 heavy (non-hydrogen) atoms. The topological polar surface area (TPSA) is 74.3 Å². The van der Waals surface area contributed by atoms with E-state index >= 15 is 0 Å². The molecule has 0 aliphatic rings. The van der Waals surface area contributed by atoms with E-state index in [4.69, 9.17) is 16.1 Å². The van der Waals surface area contributed by atoms with Crippen molar-refractivity contribution in [2.45, 2.75) is 19.3 Å². The first kappa shape index (κ1) is 29.6. The minimum atomic E-state index is -0.371. The molecule has 6 aromatic carbocycles. The molecule has 0 saturated heterocycles. The van der Waals surface area contributed by atoms with Crippen molar-refractivity contribution in [3.63, 3.8) is 0 Å². The molecule has 0 fully saturated rings. The minimum absolute atomic E-state index is 0.327. The Hall–Kier alpha value is -5.42. The molecule has 0 amide bonds. The lowest BCUT2D eigenvalue weighted by atomic mass is 9.91. The number of benzene rings is 6. The van der Waals surface area contributed by atoms with Crippen molar-refractivity contribution >= 4 is 28.8 Å². The van der Waals surface area contributed by atoms with Crippen LogP contribution in [0.2, 0.25) is 0 Å². The summed E-state index contributed by atoms with van der Waals surface area (Å²) in [5.41, 5.74) is 16.3. The lowest BCUT2D eigenvalue weighted by Crippen LogP contribution is -2.31. The van der Waals surface area contributed by atoms with Gasteiger partial charge in [0.2, 0.25) is 0 Å². The normalized spacial score (nSPS) is 13.2. The quantitative estimate of drug-likeness (QED) is 0.111. The monoisotopic (exact) mass is 584 g/mol. The molecule has 0 bridgehead atoms. The Balaban J connectivity index is 1.32. The van der Waals surface area contributed by atoms with Gasteiger partial charge in [0.1, 0.15) is 6.17 Å². The maximum absolute atomic E-state index is 7.68. The van der Waals surface area contributed by atoms with E-state index in [1.54, 1.807) is 0 Å². The summed E-state index contributed by atoms with van der Waals surface area (Å²) in [6.45, 7) is 1.96. The van der Waals surface area contributed by atoms with Gasteiger partial charge in [-0.05, 0) is 67.8 Å². The van der Waals surface area contributed by atoms with Crippen LogP contribution in [0.5, 0.6) is 0 Å². The van der Waals surface area contributed by atoms with Crippen LogP contribution >= 0.6 is 0 Å². The van der Waals surface area contributed by atoms with Gasteiger partial charge in [0.05, 0.1) is 6.17 Å². The van der Waals surface area contributed by atoms with Gasteiger partial charge in [-0.3, -0.25) is 10.3 Å². The number of fused-ring (bicyclic) bond motifs is 1. The third-order valence-corrected chi connectivity index (χ3v) is 8.13. The second-order valence-electron chi connectivity index (χ2n) is 10.9. The van der Waals surface area contributed by atoms with Crippen LogP contribution < -0.4 is 11.1 Å². The average Bonchev–Trinajstić information content (AvgIpc) is 3.11. The highest BCUT2D eigenvalue weighted by atomic mass is 15.1. The van der Waals surface area contributed by atoms with Crippen molar-refractivity contribution in [2.24, 2.45) is 10.7 Å². The number of aliphatic imine (C=N–C) groups is 1. The van der Waals surface area contributed by atoms with Gasteiger partial charge in [0.15, 0.2) is 0 Å². The SMILES string of the molecule is C/C=C(\C=N)c1ccc(-c2ccc(-c3ccc(C(N=Cc4ccccc4)NC(N)c4ccccc4)cc3)c3ccccc23)cc1. The van der Waals surface area contributed by atoms with Gasteiger partial charge >= 0.3 is 0 Å². The summed E-state index contributed by atoms with van der Waals surface area (Å²) in [5.74, 6) is 0. The third-order valence-electron chi connectivity index (χ3n) is 8.13. The molecule has 0 spiro atoms. The van der Waals surface area contributed by atoms with Crippen LogP contribution in [0.3, 0.4) is 0 Å². The summed E-state index contributed by atoms with van der Waals surface area (Å²) in [6, 6.07) is 50.2. The van der Waals surface area contributed by atoms with Gasteiger partial charge in [-0.25, -0.2) is 0 Å². The van der Waals surface area contributed by atoms with E-state index in [1.165, 1.54) is 28.1 Å². The number of hydrogen-bond donors (Lipinski definition) is 3. The Morgan fingerprint density at radius 2 is 1.18 bits per heavy atom. The highest BCUT2D eigenvalue weighted by Gasteiger charge is 2.16. The second kappa shape index (κ2) is 13.9. The molecule has 0 aromatic heterocycles. The zero-order valence-corrected chi connectivity index (χ0v) is 25.3. The van der Waals surface area contributed by atoms with Crippen molar-refractivity contribution in [3.8, 4) is 22.3 Å². The highest BCUT2D eigenvalue weighted by molar-refractivity contribution is 6.09. The standard InChI is InChI=1S/C41H36N4/c1-2-30(27-42)31-17-19-32(20-18-31)36-25-26-37(39-16-10-9-15-38(36)39)33-21-23-35(24-22-33)41(44-28-29-11-5-3-6-12-29)45-40(43)34-13-7-4-8-14-34/h2-28,40-42,45H,43H2,1H3/b30-2+,42-27?,44-28?. The summed E-state index contributed by atoms with van der Waals surface area (Å²) in [4.78, 5) is 4.92. The predicted molar refractivity (Wildman–Crippen MR) is 191 cm³/mol. The Kier molecular flexibility index (Phi) is 9.16. The molecule has 0 heterocycles. The Labute approximate surface area is 265 Å². The fraction of sp³-hybridized carbons (Fsp3) is 0.0732. The minimum Gasteiger partial charge on any atom is -0.312 e. The maximum atomic E-state index is 7.68. The van der Waals surface area contributed by atoms with Crippen molar-refractivity contribution < 1.29 is 0 Å². The Morgan fingerprint density at radius 3 is 1.73 bits per heavy atom. The van der Waals surface area contributed by atoms with E-state index in [2.05, 4.69) is 90.2 Å². The van der Waals surface area contributed by atoms with Crippen LogP contribution in [-0.2, 0) is 0 Å². The summed E-state index contributed by atoms with van der Waals surface area (Å²) in [5, 5.41) is 13.6. The maximum Gasteiger partial charge on any atom is 0.127 e. The number of nitrogens with zero attached hydrogens (tertiary/aromatic N) is 1. The number of hydrogen-bond acceptors (Lipinski definition) is 4. The number of rotatable bonds is 10. The summed E-state index contributed by atoms with van der Waals surface area (Å²) < 4.78 is 0. The Bertz CT molecular complexity index is 1940. The summed E-state index contributed by atoms with van der Waals surface area (Å²) in [7, 11) is 0. The fourth-order valence-electron chi connectivity index (χ4n) is 5.67. The third kappa shape index (κ3) is 6.73. The first-order chi connectivity index (χ1) is 22.1. The summed E-state index contributed by atoms with van der Waals surface area (Å²) >= 11 is 0. The van der Waals surface area contributed by atoms with Crippen molar-refractivity contribution in [3.05, 3.63) is 174 Å². The number of nitrogens with one attached hydrogen (secondary N) is 2. The molecule has 0 aliphatic carbocycles. The van der Waals surface area contributed by atoms with E-state index in [1.807, 2.05) is 79.9 Å². The summed E-state index contributed by atoms with van der Waals surface area (Å²) in [6.07, 6.45) is 4.56. The molecule has 6 rings (SSSR count). The van der Waals surface area contributed by atoms with Gasteiger partial charge in [0, 0.05) is 12.4 Å². The molecule has 2 unspecified atom stereocenters. The molecule has 0 saturated carbocycles. The van der Waals surface area contributed by atoms with Crippen molar-refractivity contribution in [1.82, 2.24) is 5.32 Å². The molecule has 0 aliphatic heterocycles. The average molecular weight is 585 g/mol. The van der Waals surface area contributed by atoms with E-state index in [0.29, 0.717) is 0 Å². The van der Waals surface area contributed by atoms with Gasteiger partial charge in [-0.2, -0.15) is 0 Å². The largest absolute Gasteiger partial charge is 0.312 e. The lowest BCUT2D eigenvalue weighted by Gasteiger charge is -2.21. The van der Waals surface area contributed by atoms with Crippen LogP contribution in [0.4, 0.5) is 0 Å². The molecular formula is C41H36N4. The van der Waals surface area contributed by atoms with Crippen LogP contribution in [-0.4, -0.2) is 12.4 Å². The van der Waals surface area contributed by atoms with Crippen molar-refractivity contribution in [1.29, 1.82) is 5.41 Å². The van der Waals surface area contributed by atoms with Crippen LogP contribution in [0.25, 0.3) is 38.6 Å². The highest BCUT2D eigenvalue weighted by Crippen LogP contribution is 2.36. The van der Waals surface area contributed by atoms with Crippen LogP contribution in [0.1, 0.15) is 41.5 Å². The van der Waals surface area contributed by atoms with E-state index in [0.717, 1.165) is 39.0 Å². The number of allylic oxidation sites excluding steroid dienone is 2. The molecule has 4 heteroatoms. The van der Waals surface area contributed by atoms with Crippen LogP contribution in [0.15, 0.2) is 157 Å². The molecule has 2 atom stereocenters. The van der Waals surface area contributed by atoms with Gasteiger partial charge in [-0.15, -0.1) is 0 Å². The van der Waals surface area contributed by atoms with Crippen molar-refractivity contribution in [2.75, 3.05) is 0 Å². The molecular weight excluding hydrogens is 548 g/mol. The smallest absolute Gasteiger partial charge is 0.127 e. The predicted octanol–water partition coefficient (Wildman–Crippen LogP) is 9.59. The number of nitrogens with two attached hydrogens (primary N) is 1. The Morgan fingerprint density at radius 1 is 0.644 bits per heavy atom. The van der Waals surface area contributed by atoms with Crippen LogP contribution in [0, 0.1) is 5.41 Å². The van der Waals surface area contributed by atoms with E-state index in [-0.39, 0.29) is 12.3 Å². The lowest BCUT2D eigenvalue weighted by molar-refractivity contribution is 0.467. The van der Waals surface area contributed by atoms with E-state index < -0.39 is 0 Å². The zero-order chi connectivity index (χ0) is 31.0. The fourth-order valence-corrected chi connectivity index (χ4v) is 5.67. The molecule has 6 aromatic rings. The second-order valence-corrected chi connectivity index (χ2v) is 10.9. The molecule has 220 valence electrons. The van der Waals surface area contributed by atoms with Gasteiger partial charge in [-0.1, -0.05) is 152 Å². The molecule has 4 N–H and O–H groups in total. The van der Waals surface area contributed by atoms with Gasteiger partial charge < -0.3 is 11.1 Å². The molecule has 0 radical (unpaired) electrons. The molecule has 4 nitrogen and oxygen atoms in total. The van der Waals surface area contributed by atoms with E-state index in [9.17, 15) is 0 Å².